The van der Waals surface area contributed by atoms with Gasteiger partial charge in [-0.3, -0.25) is 9.59 Å². The summed E-state index contributed by atoms with van der Waals surface area (Å²) in [5, 5.41) is 9.07. The zero-order valence-electron chi connectivity index (χ0n) is 10.7. The first kappa shape index (κ1) is 15.8. The van der Waals surface area contributed by atoms with E-state index in [4.69, 9.17) is 15.6 Å². The highest BCUT2D eigenvalue weighted by Crippen LogP contribution is 2.21. The zero-order chi connectivity index (χ0) is 14.4. The Morgan fingerprint density at radius 2 is 2.16 bits per heavy atom. The maximum Gasteiger partial charge on any atom is 0.326 e. The van der Waals surface area contributed by atoms with Gasteiger partial charge in [-0.2, -0.15) is 11.8 Å². The predicted molar refractivity (Wildman–Crippen MR) is 69.7 cm³/mol. The number of rotatable bonds is 7. The Kier molecular flexibility index (Phi) is 6.10. The minimum Gasteiger partial charge on any atom is -0.480 e. The second kappa shape index (κ2) is 7.34. The number of nitrogens with zero attached hydrogens (tertiary/aromatic N) is 1. The molecular weight excluding hydrogens is 272 g/mol. The van der Waals surface area contributed by atoms with Crippen LogP contribution in [0.25, 0.3) is 0 Å². The molecule has 2 unspecified atom stereocenters. The molecule has 19 heavy (non-hydrogen) atoms. The average molecular weight is 290 g/mol. The van der Waals surface area contributed by atoms with Gasteiger partial charge in [0.25, 0.3) is 0 Å². The predicted octanol–water partition coefficient (Wildman–Crippen LogP) is -0.704. The quantitative estimate of drug-likeness (QED) is 0.600. The molecule has 1 heterocycles. The summed E-state index contributed by atoms with van der Waals surface area (Å²) in [6.45, 7) is 0.298. The molecule has 7 nitrogen and oxygen atoms in total. The van der Waals surface area contributed by atoms with E-state index >= 15 is 0 Å². The second-order valence-electron chi connectivity index (χ2n) is 4.26. The summed E-state index contributed by atoms with van der Waals surface area (Å²) in [5.74, 6) is -1.07. The fourth-order valence-electron chi connectivity index (χ4n) is 1.95. The highest BCUT2D eigenvalue weighted by atomic mass is 32.2. The van der Waals surface area contributed by atoms with Gasteiger partial charge in [0.15, 0.2) is 0 Å². The summed E-state index contributed by atoms with van der Waals surface area (Å²) in [6.07, 6.45) is 0.271. The highest BCUT2D eigenvalue weighted by molar-refractivity contribution is 7.99. The van der Waals surface area contributed by atoms with Crippen molar-refractivity contribution >= 4 is 29.5 Å². The van der Waals surface area contributed by atoms with Crippen LogP contribution in [0.2, 0.25) is 0 Å². The van der Waals surface area contributed by atoms with E-state index in [1.165, 1.54) is 23.8 Å². The van der Waals surface area contributed by atoms with Crippen LogP contribution in [0.15, 0.2) is 0 Å². The van der Waals surface area contributed by atoms with E-state index in [-0.39, 0.29) is 24.2 Å². The number of hydrogen-bond donors (Lipinski definition) is 2. The molecule has 0 aromatic carbocycles. The summed E-state index contributed by atoms with van der Waals surface area (Å²) in [4.78, 5) is 34.9. The van der Waals surface area contributed by atoms with Crippen LogP contribution in [0.4, 0.5) is 0 Å². The molecule has 1 rings (SSSR count). The molecular formula is C11H18N2O5S. The van der Waals surface area contributed by atoms with Gasteiger partial charge in [0.05, 0.1) is 11.9 Å². The molecule has 0 radical (unpaired) electrons. The lowest BCUT2D eigenvalue weighted by molar-refractivity contribution is -0.148. The second-order valence-corrected chi connectivity index (χ2v) is 5.37. The molecule has 1 aliphatic rings. The maximum atomic E-state index is 11.9. The van der Waals surface area contributed by atoms with Crippen molar-refractivity contribution in [3.8, 4) is 0 Å². The number of carboxylic acid groups (broad SMARTS) is 1. The lowest BCUT2D eigenvalue weighted by Crippen LogP contribution is -2.40. The number of thioether (sulfide) groups is 1. The van der Waals surface area contributed by atoms with Crippen LogP contribution in [0.5, 0.6) is 0 Å². The largest absolute Gasteiger partial charge is 0.480 e. The number of carbonyl (C=O) groups excluding carboxylic acids is 2. The molecule has 2 amide bonds. The molecule has 0 bridgehead atoms. The molecule has 0 aliphatic carbocycles. The first-order valence-electron chi connectivity index (χ1n) is 5.86. The molecule has 0 aromatic heterocycles. The minimum absolute atomic E-state index is 0.163. The molecule has 8 heteroatoms. The van der Waals surface area contributed by atoms with Crippen molar-refractivity contribution in [1.82, 2.24) is 4.90 Å². The SMILES string of the molecule is COC1CC(C(=O)O)N(C(=O)CCSCC(N)=O)C1. The molecule has 0 saturated carbocycles. The smallest absolute Gasteiger partial charge is 0.326 e. The van der Waals surface area contributed by atoms with Crippen molar-refractivity contribution < 1.29 is 24.2 Å². The van der Waals surface area contributed by atoms with E-state index in [0.717, 1.165) is 0 Å². The number of aliphatic carboxylic acids is 1. The van der Waals surface area contributed by atoms with Crippen molar-refractivity contribution in [3.63, 3.8) is 0 Å². The van der Waals surface area contributed by atoms with Crippen LogP contribution in [0.1, 0.15) is 12.8 Å². The van der Waals surface area contributed by atoms with Crippen LogP contribution >= 0.6 is 11.8 Å². The normalized spacial score (nSPS) is 22.5. The van der Waals surface area contributed by atoms with Crippen molar-refractivity contribution in [3.05, 3.63) is 0 Å². The van der Waals surface area contributed by atoms with Gasteiger partial charge in [-0.25, -0.2) is 4.79 Å². The fraction of sp³-hybridized carbons (Fsp3) is 0.727. The summed E-state index contributed by atoms with van der Waals surface area (Å²) in [6, 6.07) is -0.821. The molecule has 1 fully saturated rings. The van der Waals surface area contributed by atoms with Crippen molar-refractivity contribution in [1.29, 1.82) is 0 Å². The third kappa shape index (κ3) is 4.71. The molecule has 2 atom stereocenters. The van der Waals surface area contributed by atoms with E-state index in [9.17, 15) is 14.4 Å². The van der Waals surface area contributed by atoms with Crippen molar-refractivity contribution in [2.24, 2.45) is 5.73 Å². The monoisotopic (exact) mass is 290 g/mol. The molecule has 108 valence electrons. The third-order valence-corrected chi connectivity index (χ3v) is 3.89. The Morgan fingerprint density at radius 3 is 2.68 bits per heavy atom. The summed E-state index contributed by atoms with van der Waals surface area (Å²) < 4.78 is 5.11. The number of likely N-dealkylation sites (tertiary alicyclic amines) is 1. The lowest BCUT2D eigenvalue weighted by atomic mass is 10.2. The number of primary amides is 1. The Bertz CT molecular complexity index is 363. The number of amides is 2. The maximum absolute atomic E-state index is 11.9. The van der Waals surface area contributed by atoms with Crippen LogP contribution in [0, 0.1) is 0 Å². The van der Waals surface area contributed by atoms with Crippen LogP contribution in [-0.4, -0.2) is 65.1 Å². The van der Waals surface area contributed by atoms with Crippen molar-refractivity contribution in [2.75, 3.05) is 25.2 Å². The van der Waals surface area contributed by atoms with Gasteiger partial charge in [-0.1, -0.05) is 0 Å². The highest BCUT2D eigenvalue weighted by Gasteiger charge is 2.39. The number of methoxy groups -OCH3 is 1. The van der Waals surface area contributed by atoms with Gasteiger partial charge in [-0.05, 0) is 0 Å². The van der Waals surface area contributed by atoms with Gasteiger partial charge in [0, 0.05) is 32.2 Å². The number of ether oxygens (including phenoxy) is 1. The first-order chi connectivity index (χ1) is 8.95. The van der Waals surface area contributed by atoms with Gasteiger partial charge < -0.3 is 20.5 Å². The Hall–Kier alpha value is -1.28. The molecule has 3 N–H and O–H groups in total. The topological polar surface area (TPSA) is 110 Å². The average Bonchev–Trinajstić information content (AvgIpc) is 2.78. The zero-order valence-corrected chi connectivity index (χ0v) is 11.5. The Morgan fingerprint density at radius 1 is 1.47 bits per heavy atom. The van der Waals surface area contributed by atoms with Crippen LogP contribution in [-0.2, 0) is 19.1 Å². The lowest BCUT2D eigenvalue weighted by Gasteiger charge is -2.21. The number of hydrogen-bond acceptors (Lipinski definition) is 5. The van der Waals surface area contributed by atoms with Crippen LogP contribution < -0.4 is 5.73 Å². The van der Waals surface area contributed by atoms with Crippen LogP contribution in [0.3, 0.4) is 0 Å². The van der Waals surface area contributed by atoms with E-state index in [2.05, 4.69) is 0 Å². The molecule has 1 saturated heterocycles. The fourth-order valence-corrected chi connectivity index (χ4v) is 2.62. The van der Waals surface area contributed by atoms with E-state index in [0.29, 0.717) is 18.7 Å². The molecule has 1 aliphatic heterocycles. The number of carbonyl (C=O) groups is 3. The van der Waals surface area contributed by atoms with Gasteiger partial charge in [0.1, 0.15) is 6.04 Å². The van der Waals surface area contributed by atoms with E-state index in [1.807, 2.05) is 0 Å². The van der Waals surface area contributed by atoms with Crippen molar-refractivity contribution in [2.45, 2.75) is 25.0 Å². The van der Waals surface area contributed by atoms with Gasteiger partial charge >= 0.3 is 5.97 Å². The first-order valence-corrected chi connectivity index (χ1v) is 7.02. The standard InChI is InChI=1S/C11H18N2O5S/c1-18-7-4-8(11(16)17)13(5-7)10(15)2-3-19-6-9(12)14/h7-8H,2-6H2,1H3,(H2,12,14)(H,16,17). The summed E-state index contributed by atoms with van der Waals surface area (Å²) in [5.41, 5.74) is 4.98. The number of nitrogens with two attached hydrogens (primary N) is 1. The summed E-state index contributed by atoms with van der Waals surface area (Å²) in [7, 11) is 1.50. The minimum atomic E-state index is -1.02. The van der Waals surface area contributed by atoms with Gasteiger partial charge in [0.2, 0.25) is 11.8 Å². The van der Waals surface area contributed by atoms with E-state index < -0.39 is 17.9 Å². The Balaban J connectivity index is 2.45. The third-order valence-electron chi connectivity index (χ3n) is 2.91. The molecule has 0 spiro atoms. The number of carboxylic acids is 1. The Labute approximate surface area is 115 Å². The van der Waals surface area contributed by atoms with Gasteiger partial charge in [-0.15, -0.1) is 0 Å². The molecule has 0 aromatic rings. The summed E-state index contributed by atoms with van der Waals surface area (Å²) >= 11 is 1.26. The van der Waals surface area contributed by atoms with E-state index in [1.54, 1.807) is 0 Å².